The normalized spacial score (nSPS) is 11.1. The van der Waals surface area contributed by atoms with Gasteiger partial charge in [0, 0.05) is 29.8 Å². The zero-order valence-electron chi connectivity index (χ0n) is 10.9. The van der Waals surface area contributed by atoms with Gasteiger partial charge < -0.3 is 14.8 Å². The van der Waals surface area contributed by atoms with Gasteiger partial charge in [0.25, 0.3) is 0 Å². The van der Waals surface area contributed by atoms with E-state index < -0.39 is 0 Å². The number of aromatic nitrogens is 1. The smallest absolute Gasteiger partial charge is 0.117 e. The van der Waals surface area contributed by atoms with E-state index in [0.717, 1.165) is 27.7 Å². The van der Waals surface area contributed by atoms with Crippen LogP contribution in [0.3, 0.4) is 0 Å². The highest BCUT2D eigenvalue weighted by molar-refractivity contribution is 5.98. The molecule has 1 aromatic heterocycles. The average molecular weight is 253 g/mol. The topological polar surface area (TPSA) is 45.4 Å². The highest BCUT2D eigenvalue weighted by atomic mass is 16.3. The highest BCUT2D eigenvalue weighted by Crippen LogP contribution is 2.35. The maximum absolute atomic E-state index is 9.62. The molecule has 0 amide bonds. The van der Waals surface area contributed by atoms with E-state index in [9.17, 15) is 10.2 Å². The van der Waals surface area contributed by atoms with E-state index in [1.807, 2.05) is 25.2 Å². The van der Waals surface area contributed by atoms with Crippen LogP contribution < -0.4 is 0 Å². The van der Waals surface area contributed by atoms with Gasteiger partial charge in [-0.3, -0.25) is 0 Å². The molecule has 0 bridgehead atoms. The second-order valence-corrected chi connectivity index (χ2v) is 4.77. The van der Waals surface area contributed by atoms with E-state index in [0.29, 0.717) is 0 Å². The summed E-state index contributed by atoms with van der Waals surface area (Å²) in [7, 11) is 1.99. The molecule has 0 spiro atoms. The van der Waals surface area contributed by atoms with Gasteiger partial charge in [-0.25, -0.2) is 0 Å². The predicted molar refractivity (Wildman–Crippen MR) is 76.4 cm³/mol. The van der Waals surface area contributed by atoms with Crippen LogP contribution in [0.25, 0.3) is 22.0 Å². The predicted octanol–water partition coefficient (Wildman–Crippen LogP) is 3.56. The molecule has 0 saturated heterocycles. The first-order valence-corrected chi connectivity index (χ1v) is 6.15. The summed E-state index contributed by atoms with van der Waals surface area (Å²) in [6, 6.07) is 12.6. The molecular weight excluding hydrogens is 238 g/mol. The summed E-state index contributed by atoms with van der Waals surface area (Å²) in [4.78, 5) is 0. The van der Waals surface area contributed by atoms with Crippen molar-refractivity contribution in [2.24, 2.45) is 7.05 Å². The molecule has 0 aliphatic rings. The van der Waals surface area contributed by atoms with Crippen LogP contribution in [0.1, 0.15) is 5.69 Å². The number of fused-ring (bicyclic) bond motifs is 1. The number of nitrogens with zero attached hydrogens (tertiary/aromatic N) is 1. The number of phenolic OH excluding ortho intramolecular Hbond substituents is 2. The molecule has 1 heterocycles. The van der Waals surface area contributed by atoms with E-state index >= 15 is 0 Å². The lowest BCUT2D eigenvalue weighted by molar-refractivity contribution is 0.475. The lowest BCUT2D eigenvalue weighted by atomic mass is 10.0. The largest absolute Gasteiger partial charge is 0.508 e. The van der Waals surface area contributed by atoms with Crippen LogP contribution in [0.4, 0.5) is 0 Å². The molecule has 3 rings (SSSR count). The molecule has 0 unspecified atom stereocenters. The van der Waals surface area contributed by atoms with E-state index in [2.05, 4.69) is 11.5 Å². The Kier molecular flexibility index (Phi) is 2.49. The van der Waals surface area contributed by atoms with Crippen LogP contribution in [-0.2, 0) is 7.05 Å². The van der Waals surface area contributed by atoms with E-state index in [1.165, 1.54) is 0 Å². The van der Waals surface area contributed by atoms with Crippen molar-refractivity contribution in [3.8, 4) is 22.6 Å². The third kappa shape index (κ3) is 1.74. The molecule has 0 aliphatic carbocycles. The molecule has 0 radical (unpaired) electrons. The number of hydrogen-bond acceptors (Lipinski definition) is 2. The van der Waals surface area contributed by atoms with Crippen molar-refractivity contribution in [3.63, 3.8) is 0 Å². The van der Waals surface area contributed by atoms with Crippen molar-refractivity contribution in [1.82, 2.24) is 4.57 Å². The maximum Gasteiger partial charge on any atom is 0.117 e. The van der Waals surface area contributed by atoms with Crippen LogP contribution in [0, 0.1) is 6.92 Å². The summed E-state index contributed by atoms with van der Waals surface area (Å²) < 4.78 is 2.07. The Hall–Kier alpha value is -2.42. The monoisotopic (exact) mass is 253 g/mol. The number of aryl methyl sites for hydroxylation is 1. The molecule has 0 fully saturated rings. The molecule has 2 aromatic carbocycles. The minimum absolute atomic E-state index is 0.263. The van der Waals surface area contributed by atoms with Crippen LogP contribution >= 0.6 is 0 Å². The van der Waals surface area contributed by atoms with Crippen LogP contribution in [0.5, 0.6) is 11.5 Å². The Balaban J connectivity index is 2.35. The summed E-state index contributed by atoms with van der Waals surface area (Å²) in [5.74, 6) is 0.532. The Morgan fingerprint density at radius 2 is 1.53 bits per heavy atom. The van der Waals surface area contributed by atoms with Gasteiger partial charge in [0.05, 0.1) is 5.52 Å². The minimum atomic E-state index is 0.263. The SMILES string of the molecule is Cc1c(-c2ccc(O)cc2)c2ccc(O)cc2n1C. The molecular formula is C16H15NO2. The number of phenols is 2. The highest BCUT2D eigenvalue weighted by Gasteiger charge is 2.13. The van der Waals surface area contributed by atoms with Crippen molar-refractivity contribution in [2.45, 2.75) is 6.92 Å². The van der Waals surface area contributed by atoms with Crippen molar-refractivity contribution in [1.29, 1.82) is 0 Å². The third-order valence-electron chi connectivity index (χ3n) is 3.63. The summed E-state index contributed by atoms with van der Waals surface area (Å²) in [5, 5.41) is 20.1. The quantitative estimate of drug-likeness (QED) is 0.696. The van der Waals surface area contributed by atoms with Crippen LogP contribution in [0.15, 0.2) is 42.5 Å². The molecule has 3 aromatic rings. The molecule has 19 heavy (non-hydrogen) atoms. The lowest BCUT2D eigenvalue weighted by Crippen LogP contribution is -1.90. The molecule has 3 heteroatoms. The van der Waals surface area contributed by atoms with Gasteiger partial charge in [0.2, 0.25) is 0 Å². The van der Waals surface area contributed by atoms with Gasteiger partial charge >= 0.3 is 0 Å². The van der Waals surface area contributed by atoms with Gasteiger partial charge in [-0.05, 0) is 36.8 Å². The van der Waals surface area contributed by atoms with Crippen molar-refractivity contribution >= 4 is 10.9 Å². The lowest BCUT2D eigenvalue weighted by Gasteiger charge is -2.03. The minimum Gasteiger partial charge on any atom is -0.508 e. The Morgan fingerprint density at radius 3 is 2.21 bits per heavy atom. The summed E-state index contributed by atoms with van der Waals surface area (Å²) >= 11 is 0. The molecule has 0 atom stereocenters. The van der Waals surface area contributed by atoms with Crippen molar-refractivity contribution in [2.75, 3.05) is 0 Å². The van der Waals surface area contributed by atoms with Gasteiger partial charge in [0.15, 0.2) is 0 Å². The second-order valence-electron chi connectivity index (χ2n) is 4.77. The molecule has 3 nitrogen and oxygen atoms in total. The summed E-state index contributed by atoms with van der Waals surface area (Å²) in [5.41, 5.74) is 4.33. The Labute approximate surface area is 111 Å². The fraction of sp³-hybridized carbons (Fsp3) is 0.125. The number of benzene rings is 2. The van der Waals surface area contributed by atoms with Gasteiger partial charge in [-0.1, -0.05) is 12.1 Å². The molecule has 96 valence electrons. The fourth-order valence-electron chi connectivity index (χ4n) is 2.54. The Bertz CT molecular complexity index is 755. The Morgan fingerprint density at radius 1 is 0.895 bits per heavy atom. The third-order valence-corrected chi connectivity index (χ3v) is 3.63. The molecule has 2 N–H and O–H groups in total. The van der Waals surface area contributed by atoms with Gasteiger partial charge in [-0.2, -0.15) is 0 Å². The van der Waals surface area contributed by atoms with E-state index in [-0.39, 0.29) is 11.5 Å². The summed E-state index contributed by atoms with van der Waals surface area (Å²) in [6.45, 7) is 2.05. The fourth-order valence-corrected chi connectivity index (χ4v) is 2.54. The maximum atomic E-state index is 9.62. The van der Waals surface area contributed by atoms with Gasteiger partial charge in [-0.15, -0.1) is 0 Å². The van der Waals surface area contributed by atoms with Crippen molar-refractivity contribution in [3.05, 3.63) is 48.2 Å². The van der Waals surface area contributed by atoms with E-state index in [4.69, 9.17) is 0 Å². The molecule has 0 saturated carbocycles. The van der Waals surface area contributed by atoms with E-state index in [1.54, 1.807) is 24.3 Å². The number of aromatic hydroxyl groups is 2. The second kappa shape index (κ2) is 4.05. The van der Waals surface area contributed by atoms with Crippen molar-refractivity contribution < 1.29 is 10.2 Å². The number of hydrogen-bond donors (Lipinski definition) is 2. The zero-order chi connectivity index (χ0) is 13.6. The first kappa shape index (κ1) is 11.7. The summed E-state index contributed by atoms with van der Waals surface area (Å²) in [6.07, 6.45) is 0. The first-order chi connectivity index (χ1) is 9.08. The first-order valence-electron chi connectivity index (χ1n) is 6.15. The number of rotatable bonds is 1. The van der Waals surface area contributed by atoms with Crippen LogP contribution in [-0.4, -0.2) is 14.8 Å². The van der Waals surface area contributed by atoms with Gasteiger partial charge in [0.1, 0.15) is 11.5 Å². The average Bonchev–Trinajstić information content (AvgIpc) is 2.64. The molecule has 0 aliphatic heterocycles. The van der Waals surface area contributed by atoms with Crippen LogP contribution in [0.2, 0.25) is 0 Å². The zero-order valence-corrected chi connectivity index (χ0v) is 10.9. The standard InChI is InChI=1S/C16H15NO2/c1-10-16(11-3-5-12(18)6-4-11)14-8-7-13(19)9-15(14)17(10)2/h3-9,18-19H,1-2H3.